The highest BCUT2D eigenvalue weighted by molar-refractivity contribution is 5.86. The zero-order valence-corrected chi connectivity index (χ0v) is 10.6. The number of nitrogens with zero attached hydrogens (tertiary/aromatic N) is 2. The van der Waals surface area contributed by atoms with E-state index in [-0.39, 0.29) is 23.5 Å². The van der Waals surface area contributed by atoms with Gasteiger partial charge < -0.3 is 18.9 Å². The maximum Gasteiger partial charge on any atom is 0.373 e. The summed E-state index contributed by atoms with van der Waals surface area (Å²) in [6, 6.07) is 1.42. The van der Waals surface area contributed by atoms with E-state index in [2.05, 4.69) is 14.7 Å². The summed E-state index contributed by atoms with van der Waals surface area (Å²) in [5, 5.41) is 0. The first kappa shape index (κ1) is 13.8. The molecule has 0 N–H and O–H groups in total. The van der Waals surface area contributed by atoms with Crippen molar-refractivity contribution in [3.05, 3.63) is 17.9 Å². The molecule has 7 nitrogen and oxygen atoms in total. The van der Waals surface area contributed by atoms with E-state index in [1.807, 2.05) is 0 Å². The molecule has 0 fully saturated rings. The van der Waals surface area contributed by atoms with Gasteiger partial charge in [-0.3, -0.25) is 0 Å². The van der Waals surface area contributed by atoms with Gasteiger partial charge >= 0.3 is 12.0 Å². The normalized spacial score (nSPS) is 10.8. The average molecular weight is 254 g/mol. The van der Waals surface area contributed by atoms with Gasteiger partial charge in [0.05, 0.1) is 27.4 Å². The lowest BCUT2D eigenvalue weighted by Gasteiger charge is -2.08. The van der Waals surface area contributed by atoms with Gasteiger partial charge in [-0.15, -0.1) is 0 Å². The molecule has 1 rings (SSSR count). The first-order chi connectivity index (χ1) is 8.64. The van der Waals surface area contributed by atoms with Gasteiger partial charge in [0.25, 0.3) is 0 Å². The quantitative estimate of drug-likeness (QED) is 0.439. The fraction of sp³-hybridized carbons (Fsp3) is 0.364. The number of hydrogen-bond acceptors (Lipinski definition) is 7. The Morgan fingerprint density at radius 3 is 2.11 bits per heavy atom. The van der Waals surface area contributed by atoms with Crippen molar-refractivity contribution in [1.82, 2.24) is 9.97 Å². The monoisotopic (exact) mass is 254 g/mol. The van der Waals surface area contributed by atoms with E-state index >= 15 is 0 Å². The summed E-state index contributed by atoms with van der Waals surface area (Å²) in [5.41, 5.74) is 0. The minimum absolute atomic E-state index is 0.0205. The molecule has 0 spiro atoms. The Morgan fingerprint density at radius 2 is 1.72 bits per heavy atom. The molecule has 7 heteroatoms. The predicted molar refractivity (Wildman–Crippen MR) is 61.5 cm³/mol. The number of carbonyl (C=O) groups is 1. The Kier molecular flexibility index (Phi) is 4.91. The van der Waals surface area contributed by atoms with Gasteiger partial charge in [0.2, 0.25) is 17.5 Å². The molecule has 98 valence electrons. The van der Waals surface area contributed by atoms with Gasteiger partial charge in [-0.05, 0) is 13.0 Å². The largest absolute Gasteiger partial charge is 0.481 e. The summed E-state index contributed by atoms with van der Waals surface area (Å²) in [7, 11) is 4.15. The van der Waals surface area contributed by atoms with E-state index in [0.29, 0.717) is 0 Å². The Bertz CT molecular complexity index is 436. The van der Waals surface area contributed by atoms with E-state index in [4.69, 9.17) is 14.2 Å². The molecule has 0 aliphatic rings. The van der Waals surface area contributed by atoms with Crippen LogP contribution in [0.15, 0.2) is 17.9 Å². The van der Waals surface area contributed by atoms with Crippen LogP contribution in [0.25, 0.3) is 0 Å². The van der Waals surface area contributed by atoms with Gasteiger partial charge in [0.15, 0.2) is 0 Å². The maximum atomic E-state index is 11.3. The maximum absolute atomic E-state index is 11.3. The lowest BCUT2D eigenvalue weighted by Crippen LogP contribution is -2.12. The average Bonchev–Trinajstić information content (AvgIpc) is 2.43. The fourth-order valence-electron chi connectivity index (χ4n) is 1.06. The molecule has 0 aliphatic heterocycles. The number of methoxy groups -OCH3 is 3. The van der Waals surface area contributed by atoms with Crippen molar-refractivity contribution in [2.75, 3.05) is 21.3 Å². The third kappa shape index (κ3) is 3.34. The lowest BCUT2D eigenvalue weighted by molar-refractivity contribution is -0.138. The van der Waals surface area contributed by atoms with Crippen molar-refractivity contribution in [2.45, 2.75) is 6.92 Å². The molecule has 0 amide bonds. The summed E-state index contributed by atoms with van der Waals surface area (Å²) in [6.45, 7) is 1.63. The van der Waals surface area contributed by atoms with Crippen LogP contribution < -0.4 is 14.2 Å². The number of hydrogen-bond donors (Lipinski definition) is 0. The second-order valence-corrected chi connectivity index (χ2v) is 2.98. The van der Waals surface area contributed by atoms with Crippen LogP contribution >= 0.6 is 0 Å². The van der Waals surface area contributed by atoms with Gasteiger partial charge in [-0.2, -0.15) is 9.97 Å². The van der Waals surface area contributed by atoms with Crippen molar-refractivity contribution in [1.29, 1.82) is 0 Å². The van der Waals surface area contributed by atoms with Crippen molar-refractivity contribution in [3.8, 4) is 17.8 Å². The van der Waals surface area contributed by atoms with Crippen LogP contribution in [0.2, 0.25) is 0 Å². The Morgan fingerprint density at radius 1 is 1.17 bits per heavy atom. The third-order valence-corrected chi connectivity index (χ3v) is 1.93. The molecular formula is C11H14N2O5. The SMILES string of the molecule is C/C=C(\Oc1nc(OC)cc(OC)n1)C(=O)OC. The minimum Gasteiger partial charge on any atom is -0.481 e. The van der Waals surface area contributed by atoms with Gasteiger partial charge in [0.1, 0.15) is 0 Å². The van der Waals surface area contributed by atoms with E-state index in [0.717, 1.165) is 0 Å². The van der Waals surface area contributed by atoms with Crippen molar-refractivity contribution in [3.63, 3.8) is 0 Å². The molecule has 1 aromatic rings. The summed E-state index contributed by atoms with van der Waals surface area (Å²) < 4.78 is 19.6. The van der Waals surface area contributed by atoms with Crippen LogP contribution in [0.3, 0.4) is 0 Å². The zero-order chi connectivity index (χ0) is 13.5. The van der Waals surface area contributed by atoms with Gasteiger partial charge in [-0.25, -0.2) is 4.79 Å². The molecule has 0 saturated carbocycles. The Balaban J connectivity index is 2.99. The number of aromatic nitrogens is 2. The molecule has 0 aliphatic carbocycles. The highest BCUT2D eigenvalue weighted by Crippen LogP contribution is 2.20. The number of ether oxygens (including phenoxy) is 4. The molecule has 1 aromatic heterocycles. The highest BCUT2D eigenvalue weighted by Gasteiger charge is 2.14. The molecule has 18 heavy (non-hydrogen) atoms. The minimum atomic E-state index is -0.622. The number of rotatable bonds is 5. The van der Waals surface area contributed by atoms with E-state index in [1.165, 1.54) is 33.5 Å². The van der Waals surface area contributed by atoms with Crippen LogP contribution in [0.4, 0.5) is 0 Å². The highest BCUT2D eigenvalue weighted by atomic mass is 16.6. The number of esters is 1. The first-order valence-corrected chi connectivity index (χ1v) is 5.04. The lowest BCUT2D eigenvalue weighted by atomic mass is 10.5. The topological polar surface area (TPSA) is 79.8 Å². The second-order valence-electron chi connectivity index (χ2n) is 2.98. The molecule has 0 unspecified atom stereocenters. The predicted octanol–water partition coefficient (Wildman–Crippen LogP) is 0.949. The van der Waals surface area contributed by atoms with Crippen molar-refractivity contribution >= 4 is 5.97 Å². The van der Waals surface area contributed by atoms with E-state index in [1.54, 1.807) is 6.92 Å². The standard InChI is InChI=1S/C11H14N2O5/c1-5-7(10(14)17-4)18-11-12-8(15-2)6-9(13-11)16-3/h5-6H,1-4H3/b7-5-. The first-order valence-electron chi connectivity index (χ1n) is 5.04. The number of allylic oxidation sites excluding steroid dienone is 1. The molecule has 0 atom stereocenters. The summed E-state index contributed by atoms with van der Waals surface area (Å²) in [5.74, 6) is -0.120. The van der Waals surface area contributed by atoms with Crippen LogP contribution in [0.1, 0.15) is 6.92 Å². The summed E-state index contributed by atoms with van der Waals surface area (Å²) in [4.78, 5) is 19.2. The van der Waals surface area contributed by atoms with Gasteiger partial charge in [0, 0.05) is 0 Å². The van der Waals surface area contributed by atoms with Crippen LogP contribution in [-0.2, 0) is 9.53 Å². The van der Waals surface area contributed by atoms with Crippen LogP contribution in [0.5, 0.6) is 17.8 Å². The van der Waals surface area contributed by atoms with Crippen LogP contribution in [0, 0.1) is 0 Å². The smallest absolute Gasteiger partial charge is 0.373 e. The molecule has 0 aromatic carbocycles. The zero-order valence-electron chi connectivity index (χ0n) is 10.6. The third-order valence-electron chi connectivity index (χ3n) is 1.93. The fourth-order valence-corrected chi connectivity index (χ4v) is 1.06. The molecular weight excluding hydrogens is 240 g/mol. The van der Waals surface area contributed by atoms with E-state index in [9.17, 15) is 4.79 Å². The summed E-state index contributed by atoms with van der Waals surface area (Å²) in [6.07, 6.45) is 1.45. The Labute approximate surface area is 104 Å². The van der Waals surface area contributed by atoms with Crippen LogP contribution in [-0.4, -0.2) is 37.3 Å². The Hall–Kier alpha value is -2.31. The van der Waals surface area contributed by atoms with E-state index < -0.39 is 5.97 Å². The molecule has 0 saturated heterocycles. The molecule has 1 heterocycles. The summed E-state index contributed by atoms with van der Waals surface area (Å²) >= 11 is 0. The second kappa shape index (κ2) is 6.43. The van der Waals surface area contributed by atoms with Crippen molar-refractivity contribution < 1.29 is 23.7 Å². The molecule has 0 bridgehead atoms. The van der Waals surface area contributed by atoms with Gasteiger partial charge in [-0.1, -0.05) is 0 Å². The molecule has 0 radical (unpaired) electrons. The number of carbonyl (C=O) groups excluding carboxylic acids is 1. The van der Waals surface area contributed by atoms with Crippen molar-refractivity contribution in [2.24, 2.45) is 0 Å².